The molecule has 14 heavy (non-hydrogen) atoms. The molecule has 1 heterocycles. The SMILES string of the molecule is [B]C(=O)N1CCc2cc(O)ccc2C1. The first-order valence-electron chi connectivity index (χ1n) is 4.52. The van der Waals surface area contributed by atoms with Crippen molar-refractivity contribution in [3.8, 4) is 5.75 Å². The average molecular weight is 187 g/mol. The maximum atomic E-state index is 10.9. The van der Waals surface area contributed by atoms with Crippen molar-refractivity contribution >= 4 is 13.7 Å². The minimum absolute atomic E-state index is 0.274. The number of rotatable bonds is 0. The number of phenols is 1. The van der Waals surface area contributed by atoms with Crippen molar-refractivity contribution in [3.63, 3.8) is 0 Å². The van der Waals surface area contributed by atoms with Gasteiger partial charge in [0.2, 0.25) is 7.85 Å². The second-order valence-electron chi connectivity index (χ2n) is 3.46. The van der Waals surface area contributed by atoms with E-state index in [-0.39, 0.29) is 11.6 Å². The molecular formula is C10H10BNO2. The Labute approximate surface area is 83.8 Å². The van der Waals surface area contributed by atoms with Gasteiger partial charge in [0.05, 0.1) is 0 Å². The van der Waals surface area contributed by atoms with Gasteiger partial charge in [-0.2, -0.15) is 0 Å². The lowest BCUT2D eigenvalue weighted by atomic mass is 9.97. The summed E-state index contributed by atoms with van der Waals surface area (Å²) in [5.74, 6) is -0.111. The van der Waals surface area contributed by atoms with E-state index in [0.29, 0.717) is 13.1 Å². The molecule has 2 radical (unpaired) electrons. The Bertz CT molecular complexity index is 378. The number of amides is 1. The van der Waals surface area contributed by atoms with Crippen LogP contribution in [-0.2, 0) is 13.0 Å². The van der Waals surface area contributed by atoms with Gasteiger partial charge in [0, 0.05) is 13.1 Å². The molecule has 1 aliphatic heterocycles. The number of nitrogens with zero attached hydrogens (tertiary/aromatic N) is 1. The normalized spacial score (nSPS) is 15.0. The fourth-order valence-corrected chi connectivity index (χ4v) is 1.73. The highest BCUT2D eigenvalue weighted by atomic mass is 16.3. The third-order valence-corrected chi connectivity index (χ3v) is 2.51. The lowest BCUT2D eigenvalue weighted by Crippen LogP contribution is -2.34. The van der Waals surface area contributed by atoms with Gasteiger partial charge in [0.15, 0.2) is 5.81 Å². The van der Waals surface area contributed by atoms with Crippen molar-refractivity contribution in [2.45, 2.75) is 13.0 Å². The van der Waals surface area contributed by atoms with Crippen LogP contribution in [0.5, 0.6) is 5.75 Å². The molecule has 0 fully saturated rings. The van der Waals surface area contributed by atoms with Crippen LogP contribution in [0.4, 0.5) is 4.79 Å². The Hall–Kier alpha value is -1.45. The van der Waals surface area contributed by atoms with Crippen LogP contribution in [0.25, 0.3) is 0 Å². The van der Waals surface area contributed by atoms with Gasteiger partial charge in [-0.3, -0.25) is 4.79 Å². The summed E-state index contributed by atoms with van der Waals surface area (Å²) in [5.41, 5.74) is 2.16. The van der Waals surface area contributed by atoms with Crippen LogP contribution in [0.3, 0.4) is 0 Å². The maximum absolute atomic E-state index is 10.9. The van der Waals surface area contributed by atoms with E-state index in [9.17, 15) is 9.90 Å². The van der Waals surface area contributed by atoms with Crippen molar-refractivity contribution in [1.29, 1.82) is 0 Å². The molecule has 1 aromatic rings. The number of phenolic OH excluding ortho intramolecular Hbond substituents is 1. The second-order valence-corrected chi connectivity index (χ2v) is 3.46. The molecule has 4 heteroatoms. The summed E-state index contributed by atoms with van der Waals surface area (Å²) < 4.78 is 0. The van der Waals surface area contributed by atoms with Gasteiger partial charge in [-0.05, 0) is 29.7 Å². The van der Waals surface area contributed by atoms with E-state index in [1.807, 2.05) is 6.07 Å². The first-order valence-corrected chi connectivity index (χ1v) is 4.52. The monoisotopic (exact) mass is 187 g/mol. The predicted molar refractivity (Wildman–Crippen MR) is 53.4 cm³/mol. The van der Waals surface area contributed by atoms with Crippen molar-refractivity contribution in [3.05, 3.63) is 29.3 Å². The highest BCUT2D eigenvalue weighted by molar-refractivity contribution is 6.56. The first kappa shape index (κ1) is 9.12. The van der Waals surface area contributed by atoms with E-state index in [0.717, 1.165) is 17.5 Å². The quantitative estimate of drug-likeness (QED) is 0.616. The topological polar surface area (TPSA) is 40.5 Å². The Kier molecular flexibility index (Phi) is 2.19. The average Bonchev–Trinajstić information content (AvgIpc) is 2.16. The minimum Gasteiger partial charge on any atom is -0.508 e. The van der Waals surface area contributed by atoms with Crippen molar-refractivity contribution < 1.29 is 9.90 Å². The number of carbonyl (C=O) groups excluding carboxylic acids is 1. The van der Waals surface area contributed by atoms with E-state index >= 15 is 0 Å². The van der Waals surface area contributed by atoms with E-state index < -0.39 is 0 Å². The zero-order chi connectivity index (χ0) is 10.1. The molecule has 0 saturated carbocycles. The largest absolute Gasteiger partial charge is 0.508 e. The van der Waals surface area contributed by atoms with Gasteiger partial charge in [-0.25, -0.2) is 0 Å². The Balaban J connectivity index is 2.27. The Morgan fingerprint density at radius 2 is 2.21 bits per heavy atom. The molecule has 0 atom stereocenters. The summed E-state index contributed by atoms with van der Waals surface area (Å²) in [6, 6.07) is 5.21. The number of hydrogen-bond acceptors (Lipinski definition) is 2. The van der Waals surface area contributed by atoms with Crippen LogP contribution in [0.15, 0.2) is 18.2 Å². The van der Waals surface area contributed by atoms with Crippen LogP contribution in [0.2, 0.25) is 0 Å². The Morgan fingerprint density at radius 3 is 2.93 bits per heavy atom. The molecule has 70 valence electrons. The van der Waals surface area contributed by atoms with Gasteiger partial charge in [-0.1, -0.05) is 6.07 Å². The molecule has 1 N–H and O–H groups in total. The zero-order valence-corrected chi connectivity index (χ0v) is 7.73. The molecule has 0 bridgehead atoms. The minimum atomic E-state index is -0.385. The second kappa shape index (κ2) is 3.37. The van der Waals surface area contributed by atoms with Crippen LogP contribution >= 0.6 is 0 Å². The molecule has 1 aliphatic rings. The molecule has 0 spiro atoms. The third kappa shape index (κ3) is 1.60. The molecule has 0 aromatic heterocycles. The predicted octanol–water partition coefficient (Wildman–Crippen LogP) is 1.04. The van der Waals surface area contributed by atoms with Crippen LogP contribution in [0, 0.1) is 0 Å². The molecule has 0 aliphatic carbocycles. The Morgan fingerprint density at radius 1 is 1.43 bits per heavy atom. The van der Waals surface area contributed by atoms with Crippen molar-refractivity contribution in [2.24, 2.45) is 0 Å². The molecular weight excluding hydrogens is 177 g/mol. The molecule has 0 saturated heterocycles. The standard InChI is InChI=1S/C10H10BNO2/c11-10(14)12-4-3-7-5-9(13)2-1-8(7)6-12/h1-2,5,13H,3-4,6H2. The van der Waals surface area contributed by atoms with Crippen LogP contribution in [-0.4, -0.2) is 30.2 Å². The summed E-state index contributed by atoms with van der Waals surface area (Å²) in [4.78, 5) is 12.5. The summed E-state index contributed by atoms with van der Waals surface area (Å²) in [6.45, 7) is 1.18. The van der Waals surface area contributed by atoms with Gasteiger partial charge in [0.1, 0.15) is 5.75 Å². The smallest absolute Gasteiger partial charge is 0.200 e. The number of fused-ring (bicyclic) bond motifs is 1. The van der Waals surface area contributed by atoms with E-state index in [1.165, 1.54) is 0 Å². The van der Waals surface area contributed by atoms with Crippen LogP contribution < -0.4 is 0 Å². The van der Waals surface area contributed by atoms with Crippen molar-refractivity contribution in [1.82, 2.24) is 4.90 Å². The van der Waals surface area contributed by atoms with Crippen LogP contribution in [0.1, 0.15) is 11.1 Å². The highest BCUT2D eigenvalue weighted by Gasteiger charge is 2.17. The summed E-state index contributed by atoms with van der Waals surface area (Å²) in [7, 11) is 5.19. The molecule has 1 amide bonds. The highest BCUT2D eigenvalue weighted by Crippen LogP contribution is 2.22. The van der Waals surface area contributed by atoms with E-state index in [2.05, 4.69) is 0 Å². The summed E-state index contributed by atoms with van der Waals surface area (Å²) >= 11 is 0. The first-order chi connectivity index (χ1) is 6.66. The molecule has 0 unspecified atom stereocenters. The number of benzene rings is 1. The molecule has 2 rings (SSSR count). The van der Waals surface area contributed by atoms with E-state index in [1.54, 1.807) is 17.0 Å². The van der Waals surface area contributed by atoms with E-state index in [4.69, 9.17) is 7.85 Å². The fourth-order valence-electron chi connectivity index (χ4n) is 1.73. The number of carbonyl (C=O) groups is 1. The maximum Gasteiger partial charge on any atom is 0.200 e. The lowest BCUT2D eigenvalue weighted by Gasteiger charge is -2.28. The third-order valence-electron chi connectivity index (χ3n) is 2.51. The molecule has 1 aromatic carbocycles. The van der Waals surface area contributed by atoms with Gasteiger partial charge >= 0.3 is 0 Å². The van der Waals surface area contributed by atoms with Gasteiger partial charge < -0.3 is 10.0 Å². The summed E-state index contributed by atoms with van der Waals surface area (Å²) in [6.07, 6.45) is 0.757. The zero-order valence-electron chi connectivity index (χ0n) is 7.73. The fraction of sp³-hybridized carbons (Fsp3) is 0.300. The summed E-state index contributed by atoms with van der Waals surface area (Å²) in [5, 5.41) is 9.26. The van der Waals surface area contributed by atoms with Gasteiger partial charge in [-0.15, -0.1) is 0 Å². The number of hydrogen-bond donors (Lipinski definition) is 1. The van der Waals surface area contributed by atoms with Crippen molar-refractivity contribution in [2.75, 3.05) is 6.54 Å². The number of aromatic hydroxyl groups is 1. The van der Waals surface area contributed by atoms with Gasteiger partial charge in [0.25, 0.3) is 0 Å². The lowest BCUT2D eigenvalue weighted by molar-refractivity contribution is 0.216. The molecule has 3 nitrogen and oxygen atoms in total.